The summed E-state index contributed by atoms with van der Waals surface area (Å²) in [5, 5.41) is 0. The molecule has 2 atom stereocenters. The molecule has 0 saturated carbocycles. The van der Waals surface area contributed by atoms with Crippen molar-refractivity contribution in [2.75, 3.05) is 14.1 Å². The second-order valence-corrected chi connectivity index (χ2v) is 3.12. The van der Waals surface area contributed by atoms with Gasteiger partial charge in [0.1, 0.15) is 10.5 Å². The highest BCUT2D eigenvalue weighted by molar-refractivity contribution is 5.98. The Morgan fingerprint density at radius 2 is 1.78 bits per heavy atom. The summed E-state index contributed by atoms with van der Waals surface area (Å²) < 4.78 is 5.27. The molecule has 0 heterocycles. The van der Waals surface area contributed by atoms with E-state index in [9.17, 15) is 0 Å². The number of likely N-dealkylation sites (N-methyl/N-ethyl adjacent to an activating group) is 1. The lowest BCUT2D eigenvalue weighted by atomic mass is 10.2. The molecular weight excluding hydrogens is 130 g/mol. The van der Waals surface area contributed by atoms with Crippen molar-refractivity contribution < 1.29 is 4.43 Å². The van der Waals surface area contributed by atoms with Gasteiger partial charge in [-0.05, 0) is 27.9 Å². The number of hydrogen-bond acceptors (Lipinski definition) is 2. The first kappa shape index (κ1) is 9.14. The second-order valence-electron chi connectivity index (χ2n) is 2.65. The smallest absolute Gasteiger partial charge is 0.146 e. The Bertz CT molecular complexity index is 77.5. The minimum Gasteiger partial charge on any atom is -0.424 e. The van der Waals surface area contributed by atoms with E-state index in [4.69, 9.17) is 4.43 Å². The summed E-state index contributed by atoms with van der Waals surface area (Å²) in [5.41, 5.74) is 0. The summed E-state index contributed by atoms with van der Waals surface area (Å²) in [6.45, 7) is 4.28. The molecular formula is C6H17NOSi. The van der Waals surface area contributed by atoms with Gasteiger partial charge in [0.2, 0.25) is 0 Å². The van der Waals surface area contributed by atoms with E-state index in [1.165, 1.54) is 0 Å². The topological polar surface area (TPSA) is 12.5 Å². The normalized spacial score (nSPS) is 18.3. The van der Waals surface area contributed by atoms with Crippen molar-refractivity contribution in [3.63, 3.8) is 0 Å². The van der Waals surface area contributed by atoms with Crippen LogP contribution in [0.2, 0.25) is 0 Å². The third kappa shape index (κ3) is 2.98. The third-order valence-electron chi connectivity index (χ3n) is 1.87. The zero-order valence-electron chi connectivity index (χ0n) is 7.01. The van der Waals surface area contributed by atoms with Crippen LogP contribution in [0.3, 0.4) is 0 Å². The fourth-order valence-electron chi connectivity index (χ4n) is 0.617. The molecule has 0 amide bonds. The molecule has 0 bridgehead atoms. The van der Waals surface area contributed by atoms with Crippen LogP contribution >= 0.6 is 0 Å². The van der Waals surface area contributed by atoms with Crippen molar-refractivity contribution in [3.05, 3.63) is 0 Å². The summed E-state index contributed by atoms with van der Waals surface area (Å²) in [4.78, 5) is 2.17. The van der Waals surface area contributed by atoms with Gasteiger partial charge in [-0.15, -0.1) is 0 Å². The van der Waals surface area contributed by atoms with Gasteiger partial charge in [-0.1, -0.05) is 0 Å². The molecule has 2 nitrogen and oxygen atoms in total. The predicted molar refractivity (Wildman–Crippen MR) is 43.6 cm³/mol. The lowest BCUT2D eigenvalue weighted by Gasteiger charge is -2.25. The van der Waals surface area contributed by atoms with Crippen LogP contribution in [-0.2, 0) is 4.43 Å². The standard InChI is InChI=1S/C6H17NOSi/c1-5(7(3)4)6(2)8-9/h5-6H,1-4,9H3. The Labute approximate surface area is 60.7 Å². The van der Waals surface area contributed by atoms with Gasteiger partial charge < -0.3 is 9.33 Å². The van der Waals surface area contributed by atoms with E-state index in [1.807, 2.05) is 0 Å². The van der Waals surface area contributed by atoms with Gasteiger partial charge in [-0.2, -0.15) is 0 Å². The predicted octanol–water partition coefficient (Wildman–Crippen LogP) is -0.378. The summed E-state index contributed by atoms with van der Waals surface area (Å²) in [7, 11) is 4.98. The van der Waals surface area contributed by atoms with Crippen molar-refractivity contribution in [3.8, 4) is 0 Å². The van der Waals surface area contributed by atoms with Crippen LogP contribution < -0.4 is 0 Å². The number of hydrogen-bond donors (Lipinski definition) is 0. The second kappa shape index (κ2) is 4.03. The first-order chi connectivity index (χ1) is 4.09. The molecule has 0 aliphatic carbocycles. The Balaban J connectivity index is 3.58. The largest absolute Gasteiger partial charge is 0.424 e. The Morgan fingerprint density at radius 3 is 1.89 bits per heavy atom. The maximum absolute atomic E-state index is 5.27. The highest BCUT2D eigenvalue weighted by Crippen LogP contribution is 2.00. The Morgan fingerprint density at radius 1 is 1.33 bits per heavy atom. The molecule has 0 aliphatic rings. The van der Waals surface area contributed by atoms with Crippen molar-refractivity contribution in [2.24, 2.45) is 0 Å². The van der Waals surface area contributed by atoms with Gasteiger partial charge >= 0.3 is 0 Å². The third-order valence-corrected chi connectivity index (χ3v) is 2.61. The first-order valence-corrected chi connectivity index (χ1v) is 4.10. The summed E-state index contributed by atoms with van der Waals surface area (Å²) in [5.74, 6) is 0. The molecule has 0 saturated heterocycles. The highest BCUT2D eigenvalue weighted by atomic mass is 28.2. The van der Waals surface area contributed by atoms with Crippen LogP contribution in [0, 0.1) is 0 Å². The van der Waals surface area contributed by atoms with Crippen LogP contribution in [0.25, 0.3) is 0 Å². The van der Waals surface area contributed by atoms with E-state index in [2.05, 4.69) is 32.8 Å². The van der Waals surface area contributed by atoms with E-state index in [0.717, 1.165) is 10.5 Å². The highest BCUT2D eigenvalue weighted by Gasteiger charge is 2.11. The molecule has 0 radical (unpaired) electrons. The van der Waals surface area contributed by atoms with Crippen LogP contribution in [0.5, 0.6) is 0 Å². The molecule has 2 unspecified atom stereocenters. The fourth-order valence-corrected chi connectivity index (χ4v) is 1.01. The van der Waals surface area contributed by atoms with Crippen LogP contribution in [0.15, 0.2) is 0 Å². The van der Waals surface area contributed by atoms with Gasteiger partial charge in [-0.3, -0.25) is 0 Å². The van der Waals surface area contributed by atoms with Crippen molar-refractivity contribution in [1.82, 2.24) is 4.90 Å². The summed E-state index contributed by atoms with van der Waals surface area (Å²) in [6, 6.07) is 0.530. The quantitative estimate of drug-likeness (QED) is 0.505. The molecule has 0 aromatic carbocycles. The molecule has 9 heavy (non-hydrogen) atoms. The van der Waals surface area contributed by atoms with Crippen molar-refractivity contribution in [1.29, 1.82) is 0 Å². The van der Waals surface area contributed by atoms with Crippen LogP contribution in [0.1, 0.15) is 13.8 Å². The Hall–Kier alpha value is 0.137. The Kier molecular flexibility index (Phi) is 4.09. The molecule has 0 rings (SSSR count). The van der Waals surface area contributed by atoms with Gasteiger partial charge in [-0.25, -0.2) is 0 Å². The number of rotatable bonds is 3. The van der Waals surface area contributed by atoms with Gasteiger partial charge in [0.25, 0.3) is 0 Å². The minimum atomic E-state index is 0.381. The average Bonchev–Trinajstić information content (AvgIpc) is 1.84. The van der Waals surface area contributed by atoms with Crippen molar-refractivity contribution in [2.45, 2.75) is 26.0 Å². The molecule has 0 spiro atoms. The average molecular weight is 147 g/mol. The van der Waals surface area contributed by atoms with Crippen LogP contribution in [0.4, 0.5) is 0 Å². The minimum absolute atomic E-state index is 0.381. The van der Waals surface area contributed by atoms with Gasteiger partial charge in [0.05, 0.1) is 6.10 Å². The van der Waals surface area contributed by atoms with E-state index in [1.54, 1.807) is 0 Å². The van der Waals surface area contributed by atoms with E-state index in [0.29, 0.717) is 12.1 Å². The maximum atomic E-state index is 5.27. The summed E-state index contributed by atoms with van der Waals surface area (Å²) >= 11 is 0. The van der Waals surface area contributed by atoms with E-state index >= 15 is 0 Å². The molecule has 0 N–H and O–H groups in total. The summed E-state index contributed by atoms with van der Waals surface area (Å²) in [6.07, 6.45) is 0.381. The SMILES string of the molecule is CC(O[SiH3])C(C)N(C)C. The monoisotopic (exact) mass is 147 g/mol. The van der Waals surface area contributed by atoms with Crippen molar-refractivity contribution >= 4 is 10.5 Å². The molecule has 0 aromatic heterocycles. The number of nitrogens with zero attached hydrogens (tertiary/aromatic N) is 1. The van der Waals surface area contributed by atoms with E-state index in [-0.39, 0.29) is 0 Å². The van der Waals surface area contributed by atoms with Gasteiger partial charge in [0, 0.05) is 6.04 Å². The maximum Gasteiger partial charge on any atom is 0.146 e. The molecule has 3 heteroatoms. The van der Waals surface area contributed by atoms with Gasteiger partial charge in [0.15, 0.2) is 0 Å². The molecule has 0 aromatic rings. The first-order valence-electron chi connectivity index (χ1n) is 3.28. The molecule has 0 fully saturated rings. The zero-order valence-corrected chi connectivity index (χ0v) is 9.01. The zero-order chi connectivity index (χ0) is 7.44. The van der Waals surface area contributed by atoms with E-state index < -0.39 is 0 Å². The van der Waals surface area contributed by atoms with Crippen LogP contribution in [-0.4, -0.2) is 41.6 Å². The molecule has 56 valence electrons. The lowest BCUT2D eigenvalue weighted by molar-refractivity contribution is 0.132. The molecule has 0 aliphatic heterocycles. The fraction of sp³-hybridized carbons (Fsp3) is 1.00. The lowest BCUT2D eigenvalue weighted by Crippen LogP contribution is -2.35.